The number of nitriles is 1. The molecule has 1 aliphatic carbocycles. The van der Waals surface area contributed by atoms with E-state index in [-0.39, 0.29) is 18.7 Å². The molecule has 5 nitrogen and oxygen atoms in total. The minimum Gasteiger partial charge on any atom is -0.493 e. The molecule has 0 radical (unpaired) electrons. The summed E-state index contributed by atoms with van der Waals surface area (Å²) < 4.78 is 16.1. The van der Waals surface area contributed by atoms with E-state index >= 15 is 0 Å². The maximum atomic E-state index is 12.1. The second-order valence-corrected chi connectivity index (χ2v) is 7.97. The third-order valence-corrected chi connectivity index (χ3v) is 5.07. The number of nitrogens with zero attached hydrogens (tertiary/aromatic N) is 1. The molecule has 0 unspecified atom stereocenters. The van der Waals surface area contributed by atoms with E-state index in [2.05, 4.69) is 20.8 Å². The number of carbonyl (C=O) groups is 1. The van der Waals surface area contributed by atoms with E-state index in [0.717, 1.165) is 31.2 Å². The lowest BCUT2D eigenvalue weighted by Crippen LogP contribution is -2.30. The molecule has 1 fully saturated rings. The van der Waals surface area contributed by atoms with Crippen LogP contribution in [0.3, 0.4) is 0 Å². The largest absolute Gasteiger partial charge is 0.493 e. The van der Waals surface area contributed by atoms with Crippen LogP contribution in [0.2, 0.25) is 0 Å². The van der Waals surface area contributed by atoms with Crippen molar-refractivity contribution in [2.75, 3.05) is 13.7 Å². The van der Waals surface area contributed by atoms with Crippen LogP contribution in [0, 0.1) is 22.7 Å². The Balaban J connectivity index is 1.89. The molecule has 1 saturated carbocycles. The van der Waals surface area contributed by atoms with Gasteiger partial charge in [-0.05, 0) is 60.8 Å². The van der Waals surface area contributed by atoms with E-state index in [1.807, 2.05) is 6.07 Å². The molecule has 0 saturated heterocycles. The van der Waals surface area contributed by atoms with Crippen LogP contribution in [-0.2, 0) is 9.53 Å². The van der Waals surface area contributed by atoms with Crippen LogP contribution in [0.5, 0.6) is 11.5 Å². The highest BCUT2D eigenvalue weighted by atomic mass is 16.5. The molecule has 0 N–H and O–H groups in total. The summed E-state index contributed by atoms with van der Waals surface area (Å²) in [7, 11) is 1.53. The maximum Gasteiger partial charge on any atom is 0.331 e. The summed E-state index contributed by atoms with van der Waals surface area (Å²) in [5.74, 6) is 1.38. The fourth-order valence-electron chi connectivity index (χ4n) is 3.43. The average Bonchev–Trinajstić information content (AvgIpc) is 2.64. The van der Waals surface area contributed by atoms with Gasteiger partial charge in [-0.3, -0.25) is 0 Å². The summed E-state index contributed by atoms with van der Waals surface area (Å²) in [5, 5.41) is 8.60. The van der Waals surface area contributed by atoms with Crippen LogP contribution in [0.15, 0.2) is 24.3 Å². The van der Waals surface area contributed by atoms with Crippen molar-refractivity contribution in [1.29, 1.82) is 5.26 Å². The summed E-state index contributed by atoms with van der Waals surface area (Å²) in [6, 6.07) is 7.19. The predicted octanol–water partition coefficient (Wildman–Crippen LogP) is 4.76. The normalized spacial score (nSPS) is 20.1. The minimum atomic E-state index is -0.321. The van der Waals surface area contributed by atoms with Gasteiger partial charge in [-0.25, -0.2) is 4.79 Å². The lowest BCUT2D eigenvalue weighted by Gasteiger charge is -2.36. The number of benzene rings is 1. The van der Waals surface area contributed by atoms with Gasteiger partial charge in [0.25, 0.3) is 0 Å². The fourth-order valence-corrected chi connectivity index (χ4v) is 3.43. The predicted molar refractivity (Wildman–Crippen MR) is 104 cm³/mol. The Labute approximate surface area is 161 Å². The first kappa shape index (κ1) is 20.8. The van der Waals surface area contributed by atoms with Crippen LogP contribution in [-0.4, -0.2) is 25.8 Å². The van der Waals surface area contributed by atoms with Crippen molar-refractivity contribution < 1.29 is 19.0 Å². The number of rotatable bonds is 6. The van der Waals surface area contributed by atoms with E-state index < -0.39 is 0 Å². The number of ether oxygens (including phenoxy) is 3. The maximum absolute atomic E-state index is 12.1. The topological polar surface area (TPSA) is 68.6 Å². The van der Waals surface area contributed by atoms with Crippen molar-refractivity contribution in [3.63, 3.8) is 0 Å². The lowest BCUT2D eigenvalue weighted by molar-refractivity contribution is -0.145. The Kier molecular flexibility index (Phi) is 7.29. The zero-order chi connectivity index (χ0) is 19.9. The van der Waals surface area contributed by atoms with E-state index in [1.165, 1.54) is 13.2 Å². The molecule has 2 rings (SSSR count). The average molecular weight is 371 g/mol. The number of carbonyl (C=O) groups excluding carboxylic acids is 1. The van der Waals surface area contributed by atoms with Crippen molar-refractivity contribution in [3.05, 3.63) is 29.8 Å². The molecular formula is C22H29NO4. The molecular weight excluding hydrogens is 342 g/mol. The molecule has 5 heteroatoms. The molecule has 0 aliphatic heterocycles. The first-order valence-corrected chi connectivity index (χ1v) is 9.40. The summed E-state index contributed by atoms with van der Waals surface area (Å²) in [5.41, 5.74) is 1.11. The van der Waals surface area contributed by atoms with Crippen molar-refractivity contribution in [2.45, 2.75) is 52.6 Å². The van der Waals surface area contributed by atoms with Crippen LogP contribution < -0.4 is 9.47 Å². The number of methoxy groups -OCH3 is 1. The second kappa shape index (κ2) is 9.45. The van der Waals surface area contributed by atoms with E-state index in [9.17, 15) is 4.79 Å². The Hall–Kier alpha value is -2.48. The highest BCUT2D eigenvalue weighted by Gasteiger charge is 2.30. The van der Waals surface area contributed by atoms with Gasteiger partial charge in [0.2, 0.25) is 0 Å². The minimum absolute atomic E-state index is 0.0112. The SMILES string of the molecule is COc1cc(C=CC(=O)OC2CCC(C(C)(C)C)CC2)ccc1OCC#N. The summed E-state index contributed by atoms with van der Waals surface area (Å²) >= 11 is 0. The Morgan fingerprint density at radius 2 is 1.93 bits per heavy atom. The third kappa shape index (κ3) is 6.32. The first-order chi connectivity index (χ1) is 12.8. The van der Waals surface area contributed by atoms with Crippen molar-refractivity contribution >= 4 is 12.0 Å². The number of hydrogen-bond acceptors (Lipinski definition) is 5. The third-order valence-electron chi connectivity index (χ3n) is 5.07. The first-order valence-electron chi connectivity index (χ1n) is 9.40. The Morgan fingerprint density at radius 3 is 2.52 bits per heavy atom. The van der Waals surface area contributed by atoms with Crippen LogP contribution in [0.25, 0.3) is 6.08 Å². The van der Waals surface area contributed by atoms with Gasteiger partial charge in [-0.2, -0.15) is 5.26 Å². The number of hydrogen-bond donors (Lipinski definition) is 0. The molecule has 0 heterocycles. The lowest BCUT2D eigenvalue weighted by atomic mass is 9.72. The van der Waals surface area contributed by atoms with Crippen molar-refractivity contribution in [2.24, 2.45) is 11.3 Å². The van der Waals surface area contributed by atoms with Gasteiger partial charge in [-0.1, -0.05) is 26.8 Å². The molecule has 1 aromatic carbocycles. The van der Waals surface area contributed by atoms with E-state index in [0.29, 0.717) is 22.8 Å². The molecule has 1 aliphatic rings. The van der Waals surface area contributed by atoms with Gasteiger partial charge in [0.05, 0.1) is 7.11 Å². The molecule has 1 aromatic rings. The summed E-state index contributed by atoms with van der Waals surface area (Å²) in [6.07, 6.45) is 7.22. The zero-order valence-corrected chi connectivity index (χ0v) is 16.7. The Bertz CT molecular complexity index is 704. The van der Waals surface area contributed by atoms with Crippen LogP contribution in [0.4, 0.5) is 0 Å². The summed E-state index contributed by atoms with van der Waals surface area (Å²) in [6.45, 7) is 6.78. The van der Waals surface area contributed by atoms with Crippen molar-refractivity contribution in [3.8, 4) is 17.6 Å². The van der Waals surface area contributed by atoms with E-state index in [4.69, 9.17) is 19.5 Å². The molecule has 0 bridgehead atoms. The smallest absolute Gasteiger partial charge is 0.331 e. The van der Waals surface area contributed by atoms with Gasteiger partial charge < -0.3 is 14.2 Å². The van der Waals surface area contributed by atoms with Crippen molar-refractivity contribution in [1.82, 2.24) is 0 Å². The molecule has 27 heavy (non-hydrogen) atoms. The quantitative estimate of drug-likeness (QED) is 0.533. The highest BCUT2D eigenvalue weighted by Crippen LogP contribution is 2.38. The standard InChI is InChI=1S/C22H29NO4/c1-22(2,3)17-7-9-18(10-8-17)27-21(24)12-6-16-5-11-19(26-14-13-23)20(15-16)25-4/h5-6,11-12,15,17-18H,7-10,14H2,1-4H3. The monoisotopic (exact) mass is 371 g/mol. The van der Waals surface area contributed by atoms with Crippen LogP contribution in [0.1, 0.15) is 52.0 Å². The molecule has 0 amide bonds. The van der Waals surface area contributed by atoms with E-state index in [1.54, 1.807) is 24.3 Å². The molecule has 146 valence electrons. The highest BCUT2D eigenvalue weighted by molar-refractivity contribution is 5.87. The zero-order valence-electron chi connectivity index (χ0n) is 16.7. The van der Waals surface area contributed by atoms with Gasteiger partial charge in [0.15, 0.2) is 18.1 Å². The van der Waals surface area contributed by atoms with Gasteiger partial charge in [0.1, 0.15) is 12.2 Å². The number of esters is 1. The Morgan fingerprint density at radius 1 is 1.22 bits per heavy atom. The molecule has 0 spiro atoms. The molecule has 0 aromatic heterocycles. The van der Waals surface area contributed by atoms with Crippen LogP contribution >= 0.6 is 0 Å². The molecule has 0 atom stereocenters. The second-order valence-electron chi connectivity index (χ2n) is 7.97. The fraction of sp³-hybridized carbons (Fsp3) is 0.545. The van der Waals surface area contributed by atoms with Gasteiger partial charge >= 0.3 is 5.97 Å². The van der Waals surface area contributed by atoms with Gasteiger partial charge in [0, 0.05) is 6.08 Å². The summed E-state index contributed by atoms with van der Waals surface area (Å²) in [4.78, 5) is 12.1. The van der Waals surface area contributed by atoms with Gasteiger partial charge in [-0.15, -0.1) is 0 Å².